The molecule has 1 fully saturated rings. The summed E-state index contributed by atoms with van der Waals surface area (Å²) in [4.78, 5) is 18.1. The Hall–Kier alpha value is -2.50. The number of hydrogen-bond donors (Lipinski definition) is 1. The monoisotopic (exact) mass is 350 g/mol. The van der Waals surface area contributed by atoms with Gasteiger partial charge in [-0.05, 0) is 18.4 Å². The third-order valence-electron chi connectivity index (χ3n) is 4.16. The van der Waals surface area contributed by atoms with Crippen molar-refractivity contribution in [1.29, 1.82) is 0 Å². The number of nitrogens with one attached hydrogen (secondary N) is 1. The summed E-state index contributed by atoms with van der Waals surface area (Å²) in [5.74, 6) is -0.106. The highest BCUT2D eigenvalue weighted by molar-refractivity contribution is 7.19. The van der Waals surface area contributed by atoms with Crippen LogP contribution in [-0.4, -0.2) is 23.6 Å². The zero-order chi connectivity index (χ0) is 17.1. The maximum absolute atomic E-state index is 12.3. The molecule has 0 bridgehead atoms. The van der Waals surface area contributed by atoms with Crippen molar-refractivity contribution in [3.8, 4) is 21.7 Å². The van der Waals surface area contributed by atoms with Crippen LogP contribution in [0.1, 0.15) is 12.8 Å². The molecule has 25 heavy (non-hydrogen) atoms. The first-order chi connectivity index (χ1) is 12.3. The van der Waals surface area contributed by atoms with Crippen LogP contribution >= 0.6 is 11.3 Å². The van der Waals surface area contributed by atoms with Gasteiger partial charge in [-0.1, -0.05) is 72.0 Å². The largest absolute Gasteiger partial charge is 0.368 e. The van der Waals surface area contributed by atoms with Crippen LogP contribution in [0.5, 0.6) is 0 Å². The Morgan fingerprint density at radius 1 is 1.04 bits per heavy atom. The van der Waals surface area contributed by atoms with E-state index in [0.29, 0.717) is 11.7 Å². The molecule has 2 aromatic carbocycles. The molecule has 1 aromatic heterocycles. The van der Waals surface area contributed by atoms with Gasteiger partial charge < -0.3 is 4.74 Å². The van der Waals surface area contributed by atoms with Crippen LogP contribution in [0.15, 0.2) is 60.7 Å². The topological polar surface area (TPSA) is 51.2 Å². The van der Waals surface area contributed by atoms with Crippen LogP contribution in [-0.2, 0) is 9.53 Å². The lowest BCUT2D eigenvalue weighted by molar-refractivity contribution is -0.124. The molecule has 1 aliphatic heterocycles. The summed E-state index contributed by atoms with van der Waals surface area (Å²) in [6, 6.07) is 20.2. The first-order valence-electron chi connectivity index (χ1n) is 8.35. The summed E-state index contributed by atoms with van der Waals surface area (Å²) < 4.78 is 5.46. The minimum atomic E-state index is -0.357. The van der Waals surface area contributed by atoms with Gasteiger partial charge >= 0.3 is 0 Å². The van der Waals surface area contributed by atoms with Crippen molar-refractivity contribution < 1.29 is 9.53 Å². The summed E-state index contributed by atoms with van der Waals surface area (Å²) in [7, 11) is 0. The summed E-state index contributed by atoms with van der Waals surface area (Å²) in [6.45, 7) is 0.653. The zero-order valence-electron chi connectivity index (χ0n) is 13.6. The van der Waals surface area contributed by atoms with Gasteiger partial charge in [0.1, 0.15) is 6.10 Å². The van der Waals surface area contributed by atoms with Crippen molar-refractivity contribution in [2.24, 2.45) is 0 Å². The molecule has 4 nitrogen and oxygen atoms in total. The van der Waals surface area contributed by atoms with E-state index in [4.69, 9.17) is 9.72 Å². The lowest BCUT2D eigenvalue weighted by Crippen LogP contribution is -2.26. The predicted octanol–water partition coefficient (Wildman–Crippen LogP) is 4.59. The van der Waals surface area contributed by atoms with Crippen LogP contribution in [0.25, 0.3) is 21.7 Å². The third kappa shape index (κ3) is 3.48. The molecule has 2 heterocycles. The van der Waals surface area contributed by atoms with Crippen molar-refractivity contribution in [3.05, 3.63) is 60.7 Å². The van der Waals surface area contributed by atoms with E-state index < -0.39 is 0 Å². The van der Waals surface area contributed by atoms with Crippen LogP contribution in [0, 0.1) is 0 Å². The first kappa shape index (κ1) is 16.0. The predicted molar refractivity (Wildman–Crippen MR) is 101 cm³/mol. The van der Waals surface area contributed by atoms with Crippen LogP contribution < -0.4 is 5.32 Å². The molecule has 1 N–H and O–H groups in total. The quantitative estimate of drug-likeness (QED) is 0.748. The van der Waals surface area contributed by atoms with E-state index in [1.165, 1.54) is 11.3 Å². The van der Waals surface area contributed by atoms with E-state index in [0.717, 1.165) is 34.5 Å². The van der Waals surface area contributed by atoms with Crippen LogP contribution in [0.2, 0.25) is 0 Å². The molecule has 1 saturated heterocycles. The second kappa shape index (κ2) is 7.17. The Kier molecular flexibility index (Phi) is 4.59. The average Bonchev–Trinajstić information content (AvgIpc) is 3.33. The summed E-state index contributed by atoms with van der Waals surface area (Å²) in [5, 5.41) is 3.54. The molecule has 1 amide bonds. The molecule has 1 unspecified atom stereocenters. The SMILES string of the molecule is O=C(Nc1nc(-c2ccccc2)c(-c2ccccc2)s1)C1CCCO1. The molecule has 0 radical (unpaired) electrons. The van der Waals surface area contributed by atoms with Crippen molar-refractivity contribution in [2.45, 2.75) is 18.9 Å². The standard InChI is InChI=1S/C20H18N2O2S/c23-19(16-12-7-13-24-16)22-20-21-17(14-8-3-1-4-9-14)18(25-20)15-10-5-2-6-11-15/h1-6,8-11,16H,7,12-13H2,(H,21,22,23). The fourth-order valence-corrected chi connectivity index (χ4v) is 3.92. The molecular formula is C20H18N2O2S. The van der Waals surface area contributed by atoms with Crippen molar-refractivity contribution in [2.75, 3.05) is 11.9 Å². The Morgan fingerprint density at radius 2 is 1.72 bits per heavy atom. The van der Waals surface area contributed by atoms with E-state index in [2.05, 4.69) is 17.4 Å². The maximum atomic E-state index is 12.3. The van der Waals surface area contributed by atoms with E-state index in [1.54, 1.807) is 0 Å². The van der Waals surface area contributed by atoms with Crippen molar-refractivity contribution in [3.63, 3.8) is 0 Å². The highest BCUT2D eigenvalue weighted by atomic mass is 32.1. The van der Waals surface area contributed by atoms with Gasteiger partial charge in [-0.25, -0.2) is 4.98 Å². The molecular weight excluding hydrogens is 332 g/mol. The van der Waals surface area contributed by atoms with Crippen molar-refractivity contribution in [1.82, 2.24) is 4.98 Å². The van der Waals surface area contributed by atoms with Gasteiger partial charge in [0.15, 0.2) is 5.13 Å². The van der Waals surface area contributed by atoms with Gasteiger partial charge in [0.2, 0.25) is 0 Å². The fourth-order valence-electron chi connectivity index (χ4n) is 2.92. The molecule has 126 valence electrons. The lowest BCUT2D eigenvalue weighted by atomic mass is 10.1. The van der Waals surface area contributed by atoms with Crippen LogP contribution in [0.4, 0.5) is 5.13 Å². The molecule has 0 saturated carbocycles. The normalized spacial score (nSPS) is 16.7. The number of amides is 1. The maximum Gasteiger partial charge on any atom is 0.255 e. The Bertz CT molecular complexity index is 799. The summed E-state index contributed by atoms with van der Waals surface area (Å²) in [5.41, 5.74) is 3.02. The second-order valence-corrected chi connectivity index (χ2v) is 6.92. The second-order valence-electron chi connectivity index (χ2n) is 5.92. The minimum absolute atomic E-state index is 0.106. The van der Waals surface area contributed by atoms with E-state index in [-0.39, 0.29) is 12.0 Å². The molecule has 3 aromatic rings. The van der Waals surface area contributed by atoms with Gasteiger partial charge in [-0.15, -0.1) is 0 Å². The van der Waals surface area contributed by atoms with Crippen LogP contribution in [0.3, 0.4) is 0 Å². The number of benzene rings is 2. The highest BCUT2D eigenvalue weighted by Crippen LogP contribution is 2.39. The summed E-state index contributed by atoms with van der Waals surface area (Å²) in [6.07, 6.45) is 1.35. The number of rotatable bonds is 4. The number of thiazole rings is 1. The highest BCUT2D eigenvalue weighted by Gasteiger charge is 2.25. The Labute approximate surface area is 150 Å². The number of ether oxygens (including phenoxy) is 1. The molecule has 1 aliphatic rings. The minimum Gasteiger partial charge on any atom is -0.368 e. The van der Waals surface area contributed by atoms with Crippen molar-refractivity contribution >= 4 is 22.4 Å². The zero-order valence-corrected chi connectivity index (χ0v) is 14.5. The molecule has 0 aliphatic carbocycles. The number of aromatic nitrogens is 1. The number of carbonyl (C=O) groups excluding carboxylic acids is 1. The van der Waals surface area contributed by atoms with E-state index in [1.807, 2.05) is 48.5 Å². The smallest absolute Gasteiger partial charge is 0.255 e. The van der Waals surface area contributed by atoms with Gasteiger partial charge in [0.25, 0.3) is 5.91 Å². The number of carbonyl (C=O) groups is 1. The molecule has 4 rings (SSSR count). The third-order valence-corrected chi connectivity index (χ3v) is 5.18. The number of hydrogen-bond acceptors (Lipinski definition) is 4. The first-order valence-corrected chi connectivity index (χ1v) is 9.17. The van der Waals surface area contributed by atoms with Gasteiger partial charge in [0, 0.05) is 12.2 Å². The van der Waals surface area contributed by atoms with Gasteiger partial charge in [0.05, 0.1) is 10.6 Å². The van der Waals surface area contributed by atoms with E-state index in [9.17, 15) is 4.79 Å². The lowest BCUT2D eigenvalue weighted by Gasteiger charge is -2.07. The molecule has 0 spiro atoms. The average molecular weight is 350 g/mol. The Balaban J connectivity index is 1.69. The molecule has 1 atom stereocenters. The number of nitrogens with zero attached hydrogens (tertiary/aromatic N) is 1. The van der Waals surface area contributed by atoms with Gasteiger partial charge in [-0.3, -0.25) is 10.1 Å². The van der Waals surface area contributed by atoms with Gasteiger partial charge in [-0.2, -0.15) is 0 Å². The fraction of sp³-hybridized carbons (Fsp3) is 0.200. The Morgan fingerprint density at radius 3 is 2.36 bits per heavy atom. The number of anilines is 1. The molecule has 5 heteroatoms. The van der Waals surface area contributed by atoms with E-state index >= 15 is 0 Å². The summed E-state index contributed by atoms with van der Waals surface area (Å²) >= 11 is 1.50.